The molecule has 0 radical (unpaired) electrons. The summed E-state index contributed by atoms with van der Waals surface area (Å²) in [6, 6.07) is 0.815. The van der Waals surface area contributed by atoms with Gasteiger partial charge in [0.25, 0.3) is 0 Å². The Hall–Kier alpha value is -1.06. The molecule has 3 N–H and O–H groups in total. The number of ether oxygens (including phenoxy) is 3. The van der Waals surface area contributed by atoms with E-state index in [4.69, 9.17) is 14.2 Å². The molecule has 0 aromatic carbocycles. The van der Waals surface area contributed by atoms with Crippen molar-refractivity contribution in [3.05, 3.63) is 12.2 Å². The summed E-state index contributed by atoms with van der Waals surface area (Å²) < 4.78 is 15.6. The molecule has 8 heteroatoms. The Balaban J connectivity index is -0.000000105. The van der Waals surface area contributed by atoms with Crippen molar-refractivity contribution < 1.29 is 14.2 Å². The first-order chi connectivity index (χ1) is 46.5. The number of rotatable bonds is 10. The number of H-pyrrole nitrogens is 1. The second kappa shape index (κ2) is 91.0. The summed E-state index contributed by atoms with van der Waals surface area (Å²) in [5, 5.41) is 13.3. The molecular formula is C89H199N5O3. The fourth-order valence-corrected chi connectivity index (χ4v) is 11.3. The average molecular weight is 1390 g/mol. The third-order valence-electron chi connectivity index (χ3n) is 19.0. The maximum absolute atomic E-state index is 5.41. The number of aromatic amines is 1. The zero-order valence-electron chi connectivity index (χ0n) is 75.5. The quantitative estimate of drug-likeness (QED) is 0.215. The summed E-state index contributed by atoms with van der Waals surface area (Å²) in [5.74, 6) is 16.2. The number of aromatic nitrogens is 3. The lowest BCUT2D eigenvalue weighted by molar-refractivity contribution is -0.0534. The van der Waals surface area contributed by atoms with Gasteiger partial charge in [0.1, 0.15) is 12.2 Å². The van der Waals surface area contributed by atoms with Gasteiger partial charge < -0.3 is 24.8 Å². The van der Waals surface area contributed by atoms with E-state index in [1.165, 1.54) is 154 Å². The summed E-state index contributed by atoms with van der Waals surface area (Å²) in [6.07, 6.45) is 31.0. The summed E-state index contributed by atoms with van der Waals surface area (Å²) in [4.78, 5) is 3.95. The van der Waals surface area contributed by atoms with Crippen molar-refractivity contribution in [1.82, 2.24) is 25.8 Å². The topological polar surface area (TPSA) is 93.3 Å². The van der Waals surface area contributed by atoms with Crippen LogP contribution in [0.15, 0.2) is 6.33 Å². The molecule has 0 bridgehead atoms. The SMILES string of the molecule is CC.CC.CC.CC.CC.CC.CC.CC.CC.CC.CC(C)C1CCC1.CC(C)C1CCC1.CC(C)C1CCCC1.CC(C)C1CCCC1.CC(C)C1CCCN1.CC(C)C1CCCO1.CC(C)C1CCNC1.CC(C)C1CCOC1.CC(C)C1COC1.CC(C)c1ncn[nH]1. The van der Waals surface area contributed by atoms with Crippen molar-refractivity contribution in [3.63, 3.8) is 0 Å². The Kier molecular flexibility index (Phi) is 110. The van der Waals surface area contributed by atoms with Crippen LogP contribution in [0.1, 0.15) is 417 Å². The van der Waals surface area contributed by atoms with E-state index in [0.717, 1.165) is 140 Å². The monoisotopic (exact) mass is 1390 g/mol. The number of hydrogen-bond acceptors (Lipinski definition) is 7. The molecule has 4 saturated carbocycles. The van der Waals surface area contributed by atoms with Crippen molar-refractivity contribution in [2.45, 2.75) is 423 Å². The molecule has 8 nitrogen and oxygen atoms in total. The highest BCUT2D eigenvalue weighted by Crippen LogP contribution is 2.34. The molecule has 4 aliphatic carbocycles. The van der Waals surface area contributed by atoms with Crippen LogP contribution in [-0.4, -0.2) is 80.0 Å². The van der Waals surface area contributed by atoms with Gasteiger partial charge >= 0.3 is 0 Å². The maximum atomic E-state index is 5.41. The van der Waals surface area contributed by atoms with Gasteiger partial charge in [-0.1, -0.05) is 367 Å². The Bertz CT molecular complexity index is 1180. The molecule has 598 valence electrons. The van der Waals surface area contributed by atoms with Gasteiger partial charge in [0.05, 0.1) is 19.3 Å². The van der Waals surface area contributed by atoms with E-state index < -0.39 is 0 Å². The first-order valence-electron chi connectivity index (χ1n) is 43.6. The van der Waals surface area contributed by atoms with Gasteiger partial charge in [0.2, 0.25) is 0 Å². The van der Waals surface area contributed by atoms with Crippen molar-refractivity contribution in [1.29, 1.82) is 0 Å². The van der Waals surface area contributed by atoms with Gasteiger partial charge in [-0.25, -0.2) is 4.98 Å². The highest BCUT2D eigenvalue weighted by atomic mass is 16.5. The largest absolute Gasteiger partial charge is 0.381 e. The standard InChI is InChI=1S/2C8H16.2C7H15N.2C7H14O.2C7H14.C6H12O.C5H9N3.10C2H6/c2*1-7(2)8-5-3-4-6-8;1-6(2)7-3-4-8-5-7;1-6(2)7-4-3-5-8-7;1-6(2)7-3-4-8-5-7;1-6(2)7-4-3-5-8-7;2*1-6(2)7-4-3-5-7;1-5(2)6-3-7-4-6;1-4(2)5-6-3-7-8-5;10*1-2/h2*7-8H,3-6H2,1-2H3;2*6-8H,3-5H2,1-2H3;2*6-7H,3-5H2,1-2H3;2*6-7H,3-5H2,1-2H3;5-6H,3-4H2,1-2H3;3-4H,1-2H3,(H,6,7,8);10*1-2H3. The molecule has 1 aromatic heterocycles. The van der Waals surface area contributed by atoms with Crippen LogP contribution < -0.4 is 10.6 Å². The van der Waals surface area contributed by atoms with Crippen LogP contribution in [0.2, 0.25) is 0 Å². The van der Waals surface area contributed by atoms with Crippen molar-refractivity contribution in [2.24, 2.45) is 94.7 Å². The highest BCUT2D eigenvalue weighted by Gasteiger charge is 2.24. The van der Waals surface area contributed by atoms with Crippen molar-refractivity contribution in [3.8, 4) is 0 Å². The van der Waals surface area contributed by atoms with E-state index in [9.17, 15) is 0 Å². The van der Waals surface area contributed by atoms with Gasteiger partial charge in [-0.05, 0) is 147 Å². The number of nitrogens with zero attached hydrogens (tertiary/aromatic N) is 2. The van der Waals surface area contributed by atoms with E-state index in [2.05, 4.69) is 164 Å². The van der Waals surface area contributed by atoms with Crippen LogP contribution in [0.4, 0.5) is 0 Å². The lowest BCUT2D eigenvalue weighted by Crippen LogP contribution is -2.31. The summed E-state index contributed by atoms with van der Waals surface area (Å²) in [5.41, 5.74) is 0. The minimum Gasteiger partial charge on any atom is -0.381 e. The van der Waals surface area contributed by atoms with Crippen molar-refractivity contribution in [2.75, 3.05) is 52.7 Å². The molecule has 6 heterocycles. The maximum Gasteiger partial charge on any atom is 0.137 e. The third-order valence-corrected chi connectivity index (χ3v) is 19.0. The van der Waals surface area contributed by atoms with E-state index in [1.807, 2.05) is 138 Å². The molecule has 9 aliphatic rings. The van der Waals surface area contributed by atoms with Gasteiger partial charge in [-0.2, -0.15) is 5.10 Å². The van der Waals surface area contributed by atoms with E-state index in [-0.39, 0.29) is 0 Å². The van der Waals surface area contributed by atoms with Crippen LogP contribution in [0.3, 0.4) is 0 Å². The number of nitrogens with one attached hydrogen (secondary N) is 3. The summed E-state index contributed by atoms with van der Waals surface area (Å²) >= 11 is 0. The predicted octanol–water partition coefficient (Wildman–Crippen LogP) is 29.2. The summed E-state index contributed by atoms with van der Waals surface area (Å²) in [6.45, 7) is 94.1. The molecular weight excluding hydrogens is 1190 g/mol. The van der Waals surface area contributed by atoms with E-state index >= 15 is 0 Å². The second-order valence-corrected chi connectivity index (χ2v) is 28.6. The van der Waals surface area contributed by atoms with E-state index in [0.29, 0.717) is 12.0 Å². The van der Waals surface area contributed by atoms with Crippen LogP contribution in [0, 0.1) is 94.7 Å². The van der Waals surface area contributed by atoms with Crippen molar-refractivity contribution >= 4 is 0 Å². The second-order valence-electron chi connectivity index (χ2n) is 28.6. The molecule has 4 atom stereocenters. The van der Waals surface area contributed by atoms with Gasteiger partial charge in [0.15, 0.2) is 0 Å². The Morgan fingerprint density at radius 2 is 0.680 bits per heavy atom. The summed E-state index contributed by atoms with van der Waals surface area (Å²) in [7, 11) is 0. The van der Waals surface area contributed by atoms with Crippen LogP contribution in [-0.2, 0) is 14.2 Å². The molecule has 97 heavy (non-hydrogen) atoms. The molecule has 4 unspecified atom stereocenters. The molecule has 5 saturated heterocycles. The molecule has 0 amide bonds. The minimum atomic E-state index is 0.456. The highest BCUT2D eigenvalue weighted by molar-refractivity contribution is 4.86. The average Bonchev–Trinajstić information content (AvgIpc) is 2.10. The Morgan fingerprint density at radius 3 is 0.804 bits per heavy atom. The van der Waals surface area contributed by atoms with Gasteiger partial charge in [0, 0.05) is 37.7 Å². The van der Waals surface area contributed by atoms with Crippen LogP contribution in [0.5, 0.6) is 0 Å². The Morgan fingerprint density at radius 1 is 0.320 bits per heavy atom. The molecule has 1 aromatic rings. The molecule has 0 spiro atoms. The minimum absolute atomic E-state index is 0.456. The fraction of sp³-hybridized carbons (Fsp3) is 0.978. The first kappa shape index (κ1) is 117. The smallest absolute Gasteiger partial charge is 0.137 e. The number of hydrogen-bond donors (Lipinski definition) is 3. The molecule has 10 rings (SSSR count). The first-order valence-corrected chi connectivity index (χ1v) is 43.6. The molecule has 5 aliphatic heterocycles. The zero-order chi connectivity index (χ0) is 77.7. The van der Waals surface area contributed by atoms with Crippen LogP contribution in [0.25, 0.3) is 0 Å². The normalized spacial score (nSPS) is 19.9. The van der Waals surface area contributed by atoms with Gasteiger partial charge in [-0.15, -0.1) is 0 Å². The van der Waals surface area contributed by atoms with E-state index in [1.54, 1.807) is 0 Å². The zero-order valence-corrected chi connectivity index (χ0v) is 75.5. The third kappa shape index (κ3) is 73.1. The molecule has 9 fully saturated rings. The predicted molar refractivity (Wildman–Crippen MR) is 450 cm³/mol. The van der Waals surface area contributed by atoms with Gasteiger partial charge in [-0.3, -0.25) is 5.10 Å². The lowest BCUT2D eigenvalue weighted by atomic mass is 9.78. The lowest BCUT2D eigenvalue weighted by Gasteiger charge is -2.29. The Labute approximate surface area is 619 Å². The van der Waals surface area contributed by atoms with Crippen LogP contribution >= 0.6 is 0 Å². The fourth-order valence-electron chi connectivity index (χ4n) is 11.3.